The zero-order valence-electron chi connectivity index (χ0n) is 14.3. The third-order valence-corrected chi connectivity index (χ3v) is 4.70. The molecular formula is C17H20N6O3. The summed E-state index contributed by atoms with van der Waals surface area (Å²) in [5.41, 5.74) is 3.23. The lowest BCUT2D eigenvalue weighted by atomic mass is 10.1. The summed E-state index contributed by atoms with van der Waals surface area (Å²) in [5.74, 6) is 0.791. The molecule has 0 saturated carbocycles. The minimum Gasteiger partial charge on any atom is -0.366 e. The predicted octanol–water partition coefficient (Wildman–Crippen LogP) is 0.378. The van der Waals surface area contributed by atoms with E-state index in [0.717, 1.165) is 25.2 Å². The maximum Gasteiger partial charge on any atom is 0.328 e. The first-order chi connectivity index (χ1) is 12.7. The molecule has 9 nitrogen and oxygen atoms in total. The van der Waals surface area contributed by atoms with Gasteiger partial charge in [0.15, 0.2) is 0 Å². The number of aromatic nitrogens is 1. The fraction of sp³-hybridized carbons (Fsp3) is 0.353. The summed E-state index contributed by atoms with van der Waals surface area (Å²) < 4.78 is 0. The minimum absolute atomic E-state index is 0.0441. The van der Waals surface area contributed by atoms with E-state index >= 15 is 0 Å². The van der Waals surface area contributed by atoms with Crippen molar-refractivity contribution in [1.82, 2.24) is 25.6 Å². The van der Waals surface area contributed by atoms with Crippen LogP contribution in [-0.4, -0.2) is 59.0 Å². The van der Waals surface area contributed by atoms with E-state index in [1.807, 2.05) is 12.1 Å². The monoisotopic (exact) mass is 356 g/mol. The molecule has 2 unspecified atom stereocenters. The second-order valence-electron chi connectivity index (χ2n) is 6.29. The molecule has 4 heterocycles. The van der Waals surface area contributed by atoms with Gasteiger partial charge in [0.25, 0.3) is 5.91 Å². The normalized spacial score (nSPS) is 23.4. The van der Waals surface area contributed by atoms with Crippen molar-refractivity contribution in [2.75, 3.05) is 25.5 Å². The predicted molar refractivity (Wildman–Crippen MR) is 93.3 cm³/mol. The number of rotatable bonds is 3. The van der Waals surface area contributed by atoms with Gasteiger partial charge >= 0.3 is 6.03 Å². The van der Waals surface area contributed by atoms with Crippen molar-refractivity contribution in [2.24, 2.45) is 0 Å². The summed E-state index contributed by atoms with van der Waals surface area (Å²) in [6.45, 7) is 1.65. The molecule has 2 atom stereocenters. The number of anilines is 1. The second-order valence-corrected chi connectivity index (χ2v) is 6.29. The highest BCUT2D eigenvalue weighted by atomic mass is 16.6. The quantitative estimate of drug-likeness (QED) is 0.677. The van der Waals surface area contributed by atoms with Crippen molar-refractivity contribution in [3.05, 3.63) is 48.1 Å². The summed E-state index contributed by atoms with van der Waals surface area (Å²) in [4.78, 5) is 37.8. The smallest absolute Gasteiger partial charge is 0.328 e. The number of dihydropyridines is 1. The molecule has 0 aromatic carbocycles. The van der Waals surface area contributed by atoms with Gasteiger partial charge in [0.1, 0.15) is 17.7 Å². The van der Waals surface area contributed by atoms with Crippen LogP contribution in [0, 0.1) is 0 Å². The summed E-state index contributed by atoms with van der Waals surface area (Å²) in [5, 5.41) is 5.99. The summed E-state index contributed by atoms with van der Waals surface area (Å²) >= 11 is 0. The van der Waals surface area contributed by atoms with Crippen molar-refractivity contribution in [2.45, 2.75) is 18.5 Å². The zero-order valence-corrected chi connectivity index (χ0v) is 14.3. The van der Waals surface area contributed by atoms with Gasteiger partial charge in [-0.25, -0.2) is 15.3 Å². The average Bonchev–Trinajstić information content (AvgIpc) is 3.07. The van der Waals surface area contributed by atoms with Gasteiger partial charge in [0.05, 0.1) is 18.8 Å². The van der Waals surface area contributed by atoms with Gasteiger partial charge in [-0.3, -0.25) is 19.8 Å². The van der Waals surface area contributed by atoms with Crippen molar-refractivity contribution >= 4 is 17.8 Å². The number of allylic oxidation sites excluding steroid dienone is 1. The van der Waals surface area contributed by atoms with E-state index < -0.39 is 6.04 Å². The van der Waals surface area contributed by atoms with Crippen LogP contribution in [0.25, 0.3) is 0 Å². The largest absolute Gasteiger partial charge is 0.366 e. The van der Waals surface area contributed by atoms with Crippen LogP contribution in [0.4, 0.5) is 10.6 Å². The Labute approximate surface area is 150 Å². The molecule has 1 saturated heterocycles. The fourth-order valence-electron chi connectivity index (χ4n) is 3.53. The summed E-state index contributed by atoms with van der Waals surface area (Å²) in [6.07, 6.45) is 6.14. The number of urea groups is 1. The number of nitrogens with zero attached hydrogens (tertiary/aromatic N) is 3. The van der Waals surface area contributed by atoms with Gasteiger partial charge in [-0.1, -0.05) is 12.1 Å². The number of nitrogens with one attached hydrogen (secondary N) is 3. The van der Waals surface area contributed by atoms with E-state index in [-0.39, 0.29) is 18.0 Å². The maximum absolute atomic E-state index is 12.9. The van der Waals surface area contributed by atoms with E-state index in [1.54, 1.807) is 29.3 Å². The highest BCUT2D eigenvalue weighted by Gasteiger charge is 2.42. The molecule has 3 aliphatic heterocycles. The average molecular weight is 356 g/mol. The van der Waals surface area contributed by atoms with Gasteiger partial charge in [-0.2, -0.15) is 0 Å². The number of amides is 3. The van der Waals surface area contributed by atoms with Gasteiger partial charge < -0.3 is 10.2 Å². The number of fused-ring (bicyclic) bond motifs is 3. The number of pyridine rings is 1. The Morgan fingerprint density at radius 2 is 2.27 bits per heavy atom. The lowest BCUT2D eigenvalue weighted by Gasteiger charge is -2.40. The highest BCUT2D eigenvalue weighted by Crippen LogP contribution is 2.33. The Bertz CT molecular complexity index is 778. The molecule has 3 N–H and O–H groups in total. The van der Waals surface area contributed by atoms with E-state index in [9.17, 15) is 9.59 Å². The number of hydrogen-bond acceptors (Lipinski definition) is 6. The van der Waals surface area contributed by atoms with Crippen LogP contribution in [0.15, 0.2) is 48.1 Å². The lowest BCUT2D eigenvalue weighted by Crippen LogP contribution is -2.55. The minimum atomic E-state index is -0.613. The van der Waals surface area contributed by atoms with Crippen LogP contribution in [0.5, 0.6) is 0 Å². The Balaban J connectivity index is 1.60. The molecule has 3 aliphatic rings. The molecule has 0 spiro atoms. The van der Waals surface area contributed by atoms with E-state index in [2.05, 4.69) is 26.0 Å². The van der Waals surface area contributed by atoms with Crippen molar-refractivity contribution < 1.29 is 14.4 Å². The van der Waals surface area contributed by atoms with Crippen molar-refractivity contribution in [3.63, 3.8) is 0 Å². The van der Waals surface area contributed by atoms with Crippen LogP contribution in [0.3, 0.4) is 0 Å². The first kappa shape index (κ1) is 16.4. The maximum atomic E-state index is 12.9. The van der Waals surface area contributed by atoms with Crippen LogP contribution in [0.2, 0.25) is 0 Å². The molecule has 9 heteroatoms. The molecule has 26 heavy (non-hydrogen) atoms. The summed E-state index contributed by atoms with van der Waals surface area (Å²) in [6, 6.07) is 4.50. The Morgan fingerprint density at radius 1 is 1.38 bits per heavy atom. The highest BCUT2D eigenvalue weighted by molar-refractivity contribution is 5.90. The SMILES string of the molecule is CONC(=O)C1C=CC2=C(N1)N(C(=O)Nc1ccccn1)C1CCN2C1. The molecule has 1 aromatic rings. The van der Waals surface area contributed by atoms with Crippen molar-refractivity contribution in [3.8, 4) is 0 Å². The molecular weight excluding hydrogens is 336 g/mol. The Kier molecular flexibility index (Phi) is 4.21. The number of hydrogen-bond donors (Lipinski definition) is 3. The molecule has 3 amide bonds. The van der Waals surface area contributed by atoms with Gasteiger partial charge in [0, 0.05) is 19.3 Å². The molecule has 136 valence electrons. The van der Waals surface area contributed by atoms with Gasteiger partial charge in [-0.05, 0) is 24.6 Å². The molecule has 0 radical (unpaired) electrons. The van der Waals surface area contributed by atoms with E-state index in [1.165, 1.54) is 7.11 Å². The number of hydroxylamine groups is 1. The number of carbonyl (C=O) groups excluding carboxylic acids is 2. The zero-order chi connectivity index (χ0) is 18.1. The lowest BCUT2D eigenvalue weighted by molar-refractivity contribution is -0.132. The first-order valence-electron chi connectivity index (χ1n) is 8.45. The van der Waals surface area contributed by atoms with Gasteiger partial charge in [-0.15, -0.1) is 0 Å². The fourth-order valence-corrected chi connectivity index (χ4v) is 3.53. The topological polar surface area (TPSA) is 98.8 Å². The first-order valence-corrected chi connectivity index (χ1v) is 8.45. The van der Waals surface area contributed by atoms with Crippen LogP contribution >= 0.6 is 0 Å². The third-order valence-electron chi connectivity index (χ3n) is 4.70. The second kappa shape index (κ2) is 6.68. The third kappa shape index (κ3) is 2.86. The van der Waals surface area contributed by atoms with E-state index in [4.69, 9.17) is 4.84 Å². The van der Waals surface area contributed by atoms with Crippen LogP contribution in [0.1, 0.15) is 6.42 Å². The standard InChI is InChI=1S/C17H20N6O3/c1-26-21-16(24)12-5-6-13-15(19-12)23(11-7-9-22(13)10-11)17(25)20-14-4-2-3-8-18-14/h2-6,8,11-12,19H,7,9-10H2,1H3,(H,21,24)(H,18,20,25). The Hall–Kier alpha value is -3.07. The molecule has 2 bridgehead atoms. The summed E-state index contributed by atoms with van der Waals surface area (Å²) in [7, 11) is 1.38. The molecule has 4 rings (SSSR count). The molecule has 0 aliphatic carbocycles. The van der Waals surface area contributed by atoms with Gasteiger partial charge in [0.2, 0.25) is 0 Å². The van der Waals surface area contributed by atoms with Crippen LogP contribution < -0.4 is 16.1 Å². The van der Waals surface area contributed by atoms with Crippen molar-refractivity contribution in [1.29, 1.82) is 0 Å². The molecule has 1 aromatic heterocycles. The molecule has 1 fully saturated rings. The number of carbonyl (C=O) groups is 2. The Morgan fingerprint density at radius 3 is 3.04 bits per heavy atom. The van der Waals surface area contributed by atoms with Crippen LogP contribution in [-0.2, 0) is 9.63 Å². The van der Waals surface area contributed by atoms with E-state index in [0.29, 0.717) is 11.6 Å².